The molecule has 0 radical (unpaired) electrons. The summed E-state index contributed by atoms with van der Waals surface area (Å²) in [6.45, 7) is -0.931. The summed E-state index contributed by atoms with van der Waals surface area (Å²) >= 11 is 0. The standard InChI is InChI=1S/C14H17F2NO4/c1-19-13(18)9-17-6-7-20-12(8-17)10-2-4-11(5-3-10)21-14(15)16/h2-5,12,14H,6-9H2,1H3. The molecule has 1 atom stereocenters. The van der Waals surface area contributed by atoms with Gasteiger partial charge in [-0.05, 0) is 17.7 Å². The Kier molecular flexibility index (Phi) is 5.46. The predicted molar refractivity (Wildman–Crippen MR) is 70.2 cm³/mol. The van der Waals surface area contributed by atoms with Gasteiger partial charge >= 0.3 is 12.6 Å². The Bertz CT molecular complexity index is 467. The number of nitrogens with zero attached hydrogens (tertiary/aromatic N) is 1. The normalized spacial score (nSPS) is 19.5. The molecule has 0 N–H and O–H groups in total. The monoisotopic (exact) mass is 301 g/mol. The van der Waals surface area contributed by atoms with Crippen molar-refractivity contribution in [2.24, 2.45) is 0 Å². The number of hydrogen-bond donors (Lipinski definition) is 0. The van der Waals surface area contributed by atoms with Gasteiger partial charge in [-0.1, -0.05) is 12.1 Å². The highest BCUT2D eigenvalue weighted by Crippen LogP contribution is 2.24. The fourth-order valence-electron chi connectivity index (χ4n) is 2.16. The molecule has 0 aromatic heterocycles. The van der Waals surface area contributed by atoms with Crippen molar-refractivity contribution in [3.63, 3.8) is 0 Å². The van der Waals surface area contributed by atoms with Crippen molar-refractivity contribution in [2.75, 3.05) is 33.4 Å². The maximum atomic E-state index is 12.1. The van der Waals surface area contributed by atoms with E-state index in [9.17, 15) is 13.6 Å². The van der Waals surface area contributed by atoms with E-state index < -0.39 is 6.61 Å². The maximum absolute atomic E-state index is 12.1. The average Bonchev–Trinajstić information content (AvgIpc) is 2.47. The second-order valence-electron chi connectivity index (χ2n) is 4.62. The SMILES string of the molecule is COC(=O)CN1CCOC(c2ccc(OC(F)F)cc2)C1. The summed E-state index contributed by atoms with van der Waals surface area (Å²) in [6.07, 6.45) is -0.205. The Morgan fingerprint density at radius 1 is 1.43 bits per heavy atom. The second kappa shape index (κ2) is 7.33. The van der Waals surface area contributed by atoms with E-state index in [1.54, 1.807) is 12.1 Å². The van der Waals surface area contributed by atoms with Gasteiger partial charge in [-0.25, -0.2) is 0 Å². The van der Waals surface area contributed by atoms with Gasteiger partial charge in [-0.3, -0.25) is 9.69 Å². The largest absolute Gasteiger partial charge is 0.468 e. The van der Waals surface area contributed by atoms with Gasteiger partial charge in [0.25, 0.3) is 0 Å². The molecule has 0 aliphatic carbocycles. The van der Waals surface area contributed by atoms with Crippen LogP contribution in [0.2, 0.25) is 0 Å². The number of halogens is 2. The third-order valence-corrected chi connectivity index (χ3v) is 3.21. The van der Waals surface area contributed by atoms with Crippen LogP contribution in [0, 0.1) is 0 Å². The van der Waals surface area contributed by atoms with Gasteiger partial charge in [0.05, 0.1) is 26.4 Å². The van der Waals surface area contributed by atoms with Crippen LogP contribution in [0.1, 0.15) is 11.7 Å². The van der Waals surface area contributed by atoms with E-state index in [0.29, 0.717) is 19.7 Å². The molecule has 1 unspecified atom stereocenters. The molecule has 0 saturated carbocycles. The number of morpholine rings is 1. The fourth-order valence-corrected chi connectivity index (χ4v) is 2.16. The van der Waals surface area contributed by atoms with Gasteiger partial charge < -0.3 is 14.2 Å². The molecule has 116 valence electrons. The van der Waals surface area contributed by atoms with Gasteiger partial charge in [0, 0.05) is 13.1 Å². The van der Waals surface area contributed by atoms with Gasteiger partial charge in [0.2, 0.25) is 0 Å². The lowest BCUT2D eigenvalue weighted by Crippen LogP contribution is -2.41. The second-order valence-corrected chi connectivity index (χ2v) is 4.62. The molecule has 1 aromatic rings. The minimum atomic E-state index is -2.84. The van der Waals surface area contributed by atoms with Crippen molar-refractivity contribution in [1.29, 1.82) is 0 Å². The Morgan fingerprint density at radius 2 is 2.14 bits per heavy atom. The van der Waals surface area contributed by atoms with Gasteiger partial charge in [0.1, 0.15) is 5.75 Å². The zero-order valence-corrected chi connectivity index (χ0v) is 11.6. The van der Waals surface area contributed by atoms with Crippen LogP contribution in [-0.2, 0) is 14.3 Å². The average molecular weight is 301 g/mol. The first-order chi connectivity index (χ1) is 10.1. The van der Waals surface area contributed by atoms with Gasteiger partial charge in [-0.2, -0.15) is 8.78 Å². The van der Waals surface area contributed by atoms with E-state index in [1.165, 1.54) is 19.2 Å². The molecule has 7 heteroatoms. The number of carbonyl (C=O) groups is 1. The molecule has 2 rings (SSSR count). The lowest BCUT2D eigenvalue weighted by molar-refractivity contribution is -0.143. The number of hydrogen-bond acceptors (Lipinski definition) is 5. The van der Waals surface area contributed by atoms with E-state index >= 15 is 0 Å². The first kappa shape index (κ1) is 15.7. The third-order valence-electron chi connectivity index (χ3n) is 3.21. The molecule has 0 spiro atoms. The van der Waals surface area contributed by atoms with Crippen molar-refractivity contribution in [3.05, 3.63) is 29.8 Å². The summed E-state index contributed by atoms with van der Waals surface area (Å²) in [4.78, 5) is 13.2. The fraction of sp³-hybridized carbons (Fsp3) is 0.500. The van der Waals surface area contributed by atoms with E-state index in [4.69, 9.17) is 4.74 Å². The van der Waals surface area contributed by atoms with Crippen LogP contribution in [0.25, 0.3) is 0 Å². The van der Waals surface area contributed by atoms with Crippen molar-refractivity contribution < 1.29 is 27.8 Å². The predicted octanol–water partition coefficient (Wildman–Crippen LogP) is 1.83. The highest BCUT2D eigenvalue weighted by molar-refractivity contribution is 5.71. The smallest absolute Gasteiger partial charge is 0.387 e. The number of alkyl halides is 2. The van der Waals surface area contributed by atoms with Crippen LogP contribution in [0.5, 0.6) is 5.75 Å². The van der Waals surface area contributed by atoms with Crippen LogP contribution >= 0.6 is 0 Å². The molecule has 1 aliphatic heterocycles. The van der Waals surface area contributed by atoms with Crippen LogP contribution in [0.3, 0.4) is 0 Å². The van der Waals surface area contributed by atoms with Crippen LogP contribution < -0.4 is 4.74 Å². The van der Waals surface area contributed by atoms with Crippen molar-refractivity contribution in [1.82, 2.24) is 4.90 Å². The summed E-state index contributed by atoms with van der Waals surface area (Å²) in [5.74, 6) is -0.188. The molecule has 1 fully saturated rings. The molecule has 1 saturated heterocycles. The molecule has 1 heterocycles. The molecule has 5 nitrogen and oxygen atoms in total. The lowest BCUT2D eigenvalue weighted by Gasteiger charge is -2.32. The summed E-state index contributed by atoms with van der Waals surface area (Å²) in [5.41, 5.74) is 0.853. The minimum absolute atomic E-state index is 0.107. The number of esters is 1. The molecule has 0 bridgehead atoms. The van der Waals surface area contributed by atoms with E-state index in [-0.39, 0.29) is 24.4 Å². The molecule has 0 amide bonds. The highest BCUT2D eigenvalue weighted by Gasteiger charge is 2.23. The summed E-state index contributed by atoms with van der Waals surface area (Å²) < 4.78 is 38.8. The summed E-state index contributed by atoms with van der Waals surface area (Å²) in [6, 6.07) is 6.32. The summed E-state index contributed by atoms with van der Waals surface area (Å²) in [5, 5.41) is 0. The zero-order valence-electron chi connectivity index (χ0n) is 11.6. The van der Waals surface area contributed by atoms with Crippen molar-refractivity contribution in [2.45, 2.75) is 12.7 Å². The Labute approximate surface area is 121 Å². The van der Waals surface area contributed by atoms with Gasteiger partial charge in [0.15, 0.2) is 0 Å². The van der Waals surface area contributed by atoms with Crippen LogP contribution in [-0.4, -0.2) is 50.8 Å². The maximum Gasteiger partial charge on any atom is 0.387 e. The number of methoxy groups -OCH3 is 1. The van der Waals surface area contributed by atoms with Crippen molar-refractivity contribution in [3.8, 4) is 5.75 Å². The quantitative estimate of drug-likeness (QED) is 0.777. The Balaban J connectivity index is 1.95. The van der Waals surface area contributed by atoms with Crippen LogP contribution in [0.4, 0.5) is 8.78 Å². The van der Waals surface area contributed by atoms with E-state index in [2.05, 4.69) is 9.47 Å². The number of carbonyl (C=O) groups excluding carboxylic acids is 1. The number of ether oxygens (including phenoxy) is 3. The molecule has 1 aromatic carbocycles. The zero-order chi connectivity index (χ0) is 15.2. The Morgan fingerprint density at radius 3 is 2.76 bits per heavy atom. The Hall–Kier alpha value is -1.73. The number of benzene rings is 1. The summed E-state index contributed by atoms with van der Waals surface area (Å²) in [7, 11) is 1.35. The first-order valence-electron chi connectivity index (χ1n) is 6.54. The molecular formula is C14H17F2NO4. The molecule has 1 aliphatic rings. The highest BCUT2D eigenvalue weighted by atomic mass is 19.3. The van der Waals surface area contributed by atoms with Crippen LogP contribution in [0.15, 0.2) is 24.3 Å². The third kappa shape index (κ3) is 4.64. The first-order valence-corrected chi connectivity index (χ1v) is 6.54. The van der Waals surface area contributed by atoms with E-state index in [0.717, 1.165) is 5.56 Å². The lowest BCUT2D eigenvalue weighted by atomic mass is 10.1. The molecular weight excluding hydrogens is 284 g/mol. The van der Waals surface area contributed by atoms with Crippen molar-refractivity contribution >= 4 is 5.97 Å². The van der Waals surface area contributed by atoms with E-state index in [1.807, 2.05) is 4.90 Å². The number of rotatable bonds is 5. The molecule has 21 heavy (non-hydrogen) atoms. The van der Waals surface area contributed by atoms with Gasteiger partial charge in [-0.15, -0.1) is 0 Å². The minimum Gasteiger partial charge on any atom is -0.468 e. The topological polar surface area (TPSA) is 48.0 Å².